The molecular weight excluding hydrogens is 414 g/mol. The van der Waals surface area contributed by atoms with Gasteiger partial charge in [-0.15, -0.1) is 0 Å². The Morgan fingerprint density at radius 3 is 2.60 bits per heavy atom. The average molecular weight is 436 g/mol. The van der Waals surface area contributed by atoms with Gasteiger partial charge in [0, 0.05) is 17.3 Å². The number of amides is 1. The number of nitrogens with one attached hydrogen (secondary N) is 1. The van der Waals surface area contributed by atoms with Gasteiger partial charge >= 0.3 is 0 Å². The molecule has 1 fully saturated rings. The average Bonchev–Trinajstić information content (AvgIpc) is 3.27. The van der Waals surface area contributed by atoms with Gasteiger partial charge in [0.15, 0.2) is 0 Å². The van der Waals surface area contributed by atoms with Crippen LogP contribution in [-0.4, -0.2) is 26.1 Å². The summed E-state index contributed by atoms with van der Waals surface area (Å²) in [7, 11) is 0. The second-order valence-corrected chi connectivity index (χ2v) is 8.93. The maximum atomic E-state index is 12.2. The molecule has 1 N–H and O–H groups in total. The van der Waals surface area contributed by atoms with Crippen LogP contribution in [0.2, 0.25) is 0 Å². The summed E-state index contributed by atoms with van der Waals surface area (Å²) in [5, 5.41) is 7.49. The van der Waals surface area contributed by atoms with Gasteiger partial charge in [-0.2, -0.15) is 5.10 Å². The van der Waals surface area contributed by atoms with Crippen molar-refractivity contribution < 1.29 is 9.53 Å². The van der Waals surface area contributed by atoms with Crippen LogP contribution in [-0.2, 0) is 4.79 Å². The van der Waals surface area contributed by atoms with E-state index in [0.717, 1.165) is 33.8 Å². The van der Waals surface area contributed by atoms with Crippen LogP contribution in [0.25, 0.3) is 23.0 Å². The molecule has 0 spiro atoms. The van der Waals surface area contributed by atoms with E-state index in [1.807, 2.05) is 80.2 Å². The van der Waals surface area contributed by atoms with Crippen LogP contribution >= 0.6 is 24.0 Å². The van der Waals surface area contributed by atoms with Crippen molar-refractivity contribution in [3.05, 3.63) is 70.8 Å². The number of para-hydroxylation sites is 1. The predicted octanol–water partition coefficient (Wildman–Crippen LogP) is 5.12. The van der Waals surface area contributed by atoms with Gasteiger partial charge in [-0.05, 0) is 62.7 Å². The number of rotatable bonds is 5. The zero-order valence-electron chi connectivity index (χ0n) is 16.9. The van der Waals surface area contributed by atoms with E-state index in [0.29, 0.717) is 9.23 Å². The Balaban J connectivity index is 1.81. The Labute approximate surface area is 185 Å². The number of aryl methyl sites for hydroxylation is 1. The minimum absolute atomic E-state index is 0.105. The van der Waals surface area contributed by atoms with E-state index in [1.54, 1.807) is 0 Å². The topological polar surface area (TPSA) is 56.2 Å². The first-order valence-corrected chi connectivity index (χ1v) is 10.8. The molecular formula is C23H21N3O2S2. The van der Waals surface area contributed by atoms with Gasteiger partial charge < -0.3 is 10.1 Å². The summed E-state index contributed by atoms with van der Waals surface area (Å²) in [5.41, 5.74) is 4.56. The van der Waals surface area contributed by atoms with Crippen LogP contribution in [0.3, 0.4) is 0 Å². The highest BCUT2D eigenvalue weighted by Gasteiger charge is 2.23. The van der Waals surface area contributed by atoms with Crippen LogP contribution in [0.4, 0.5) is 0 Å². The lowest BCUT2D eigenvalue weighted by Crippen LogP contribution is -2.17. The molecule has 1 amide bonds. The van der Waals surface area contributed by atoms with Crippen LogP contribution < -0.4 is 10.1 Å². The molecule has 3 aromatic rings. The number of carbonyl (C=O) groups excluding carboxylic acids is 1. The Hall–Kier alpha value is -2.90. The number of thioether (sulfide) groups is 1. The summed E-state index contributed by atoms with van der Waals surface area (Å²) in [6.45, 7) is 6.04. The van der Waals surface area contributed by atoms with E-state index in [4.69, 9.17) is 22.1 Å². The number of nitrogens with zero attached hydrogens (tertiary/aromatic N) is 2. The second-order valence-electron chi connectivity index (χ2n) is 7.21. The molecule has 0 radical (unpaired) electrons. The first kappa shape index (κ1) is 20.4. The van der Waals surface area contributed by atoms with Gasteiger partial charge in [0.1, 0.15) is 15.8 Å². The summed E-state index contributed by atoms with van der Waals surface area (Å²) >= 11 is 6.38. The zero-order chi connectivity index (χ0) is 21.3. The zero-order valence-corrected chi connectivity index (χ0v) is 18.5. The van der Waals surface area contributed by atoms with Gasteiger partial charge in [0.05, 0.1) is 16.7 Å². The molecule has 4 rings (SSSR count). The van der Waals surface area contributed by atoms with Gasteiger partial charge in [-0.1, -0.05) is 42.2 Å². The Kier molecular flexibility index (Phi) is 5.74. The lowest BCUT2D eigenvalue weighted by Gasteiger charge is -2.13. The van der Waals surface area contributed by atoms with E-state index < -0.39 is 0 Å². The van der Waals surface area contributed by atoms with Crippen molar-refractivity contribution in [3.63, 3.8) is 0 Å². The standard InChI is InChI=1S/C23H21N3O2S2/c1-14(2)28-19-10-9-16(11-15(19)3)21-17(12-20-22(27)24-23(29)30-20)13-26(25-21)18-7-5-4-6-8-18/h4-14H,1-3H3,(H,24,27,29)/b20-12+. The summed E-state index contributed by atoms with van der Waals surface area (Å²) < 4.78 is 8.16. The molecule has 30 heavy (non-hydrogen) atoms. The molecule has 2 heterocycles. The summed E-state index contributed by atoms with van der Waals surface area (Å²) in [5.74, 6) is 0.674. The van der Waals surface area contributed by atoms with Crippen molar-refractivity contribution in [1.82, 2.24) is 15.1 Å². The van der Waals surface area contributed by atoms with Crippen LogP contribution in [0, 0.1) is 6.92 Å². The van der Waals surface area contributed by atoms with E-state index in [1.165, 1.54) is 11.8 Å². The van der Waals surface area contributed by atoms with E-state index in [-0.39, 0.29) is 12.0 Å². The van der Waals surface area contributed by atoms with Crippen molar-refractivity contribution in [2.45, 2.75) is 26.9 Å². The molecule has 2 aromatic carbocycles. The minimum Gasteiger partial charge on any atom is -0.491 e. The number of ether oxygens (including phenoxy) is 1. The molecule has 7 heteroatoms. The summed E-state index contributed by atoms with van der Waals surface area (Å²) in [6.07, 6.45) is 3.88. The Morgan fingerprint density at radius 2 is 1.97 bits per heavy atom. The number of thiocarbonyl (C=S) groups is 1. The fourth-order valence-electron chi connectivity index (χ4n) is 3.18. The number of benzene rings is 2. The third-order valence-electron chi connectivity index (χ3n) is 4.50. The monoisotopic (exact) mass is 435 g/mol. The Morgan fingerprint density at radius 1 is 1.20 bits per heavy atom. The van der Waals surface area contributed by atoms with Crippen LogP contribution in [0.1, 0.15) is 25.0 Å². The highest BCUT2D eigenvalue weighted by molar-refractivity contribution is 8.26. The van der Waals surface area contributed by atoms with Crippen molar-refractivity contribution in [3.8, 4) is 22.7 Å². The van der Waals surface area contributed by atoms with E-state index in [9.17, 15) is 4.79 Å². The number of hydrogen-bond donors (Lipinski definition) is 1. The van der Waals surface area contributed by atoms with Gasteiger partial charge in [0.2, 0.25) is 0 Å². The third kappa shape index (κ3) is 4.32. The molecule has 0 saturated carbocycles. The number of hydrogen-bond acceptors (Lipinski definition) is 5. The number of carbonyl (C=O) groups is 1. The van der Waals surface area contributed by atoms with Crippen molar-refractivity contribution >= 4 is 40.3 Å². The first-order chi connectivity index (χ1) is 14.4. The summed E-state index contributed by atoms with van der Waals surface area (Å²) in [4.78, 5) is 12.7. The molecule has 0 atom stereocenters. The van der Waals surface area contributed by atoms with E-state index >= 15 is 0 Å². The smallest absolute Gasteiger partial charge is 0.263 e. The molecule has 1 aromatic heterocycles. The van der Waals surface area contributed by atoms with Gasteiger partial charge in [-0.25, -0.2) is 4.68 Å². The van der Waals surface area contributed by atoms with Gasteiger partial charge in [0.25, 0.3) is 5.91 Å². The van der Waals surface area contributed by atoms with Gasteiger partial charge in [-0.3, -0.25) is 4.79 Å². The molecule has 5 nitrogen and oxygen atoms in total. The fraction of sp³-hybridized carbons (Fsp3) is 0.174. The number of aromatic nitrogens is 2. The SMILES string of the molecule is Cc1cc(-c2nn(-c3ccccc3)cc2/C=C2/SC(=S)NC2=O)ccc1OC(C)C. The quantitative estimate of drug-likeness (QED) is 0.445. The molecule has 1 aliphatic rings. The normalized spacial score (nSPS) is 15.1. The highest BCUT2D eigenvalue weighted by atomic mass is 32.2. The predicted molar refractivity (Wildman–Crippen MR) is 126 cm³/mol. The molecule has 1 aliphatic heterocycles. The second kappa shape index (κ2) is 8.45. The fourth-order valence-corrected chi connectivity index (χ4v) is 4.21. The van der Waals surface area contributed by atoms with Crippen LogP contribution in [0.15, 0.2) is 59.6 Å². The van der Waals surface area contributed by atoms with Crippen molar-refractivity contribution in [1.29, 1.82) is 0 Å². The lowest BCUT2D eigenvalue weighted by atomic mass is 10.0. The van der Waals surface area contributed by atoms with Crippen molar-refractivity contribution in [2.24, 2.45) is 0 Å². The van der Waals surface area contributed by atoms with Crippen LogP contribution in [0.5, 0.6) is 5.75 Å². The van der Waals surface area contributed by atoms with Crippen molar-refractivity contribution in [2.75, 3.05) is 0 Å². The lowest BCUT2D eigenvalue weighted by molar-refractivity contribution is -0.115. The third-order valence-corrected chi connectivity index (χ3v) is 5.67. The molecule has 152 valence electrons. The molecule has 0 aliphatic carbocycles. The highest BCUT2D eigenvalue weighted by Crippen LogP contribution is 2.32. The first-order valence-electron chi connectivity index (χ1n) is 9.58. The molecule has 1 saturated heterocycles. The largest absolute Gasteiger partial charge is 0.491 e. The minimum atomic E-state index is -0.180. The Bertz CT molecular complexity index is 1150. The molecule has 0 unspecified atom stereocenters. The van der Waals surface area contributed by atoms with E-state index in [2.05, 4.69) is 11.4 Å². The maximum absolute atomic E-state index is 12.2. The molecule has 0 bridgehead atoms. The maximum Gasteiger partial charge on any atom is 0.263 e. The summed E-state index contributed by atoms with van der Waals surface area (Å²) in [6, 6.07) is 15.9.